The molecule has 1 N–H and O–H groups in total. The molecule has 0 spiro atoms. The van der Waals surface area contributed by atoms with Crippen molar-refractivity contribution in [2.45, 2.75) is 39.6 Å². The second-order valence-corrected chi connectivity index (χ2v) is 8.84. The summed E-state index contributed by atoms with van der Waals surface area (Å²) in [5.74, 6) is 1.60. The SMILES string of the molecule is COCc1nc(OC)c2c(C)c(C(=O)Nc3ccc(N4CC(C)OC(C)C4)nc3)sc2n1. The van der Waals surface area contributed by atoms with Gasteiger partial charge >= 0.3 is 0 Å². The van der Waals surface area contributed by atoms with E-state index in [1.165, 1.54) is 11.3 Å². The number of carbonyl (C=O) groups is 1. The molecule has 2 atom stereocenters. The molecule has 1 aliphatic heterocycles. The first-order valence-corrected chi connectivity index (χ1v) is 11.2. The summed E-state index contributed by atoms with van der Waals surface area (Å²) in [7, 11) is 3.14. The maximum absolute atomic E-state index is 13.0. The van der Waals surface area contributed by atoms with Crippen molar-refractivity contribution in [2.24, 2.45) is 0 Å². The number of anilines is 2. The van der Waals surface area contributed by atoms with E-state index in [0.717, 1.165) is 29.9 Å². The van der Waals surface area contributed by atoms with Gasteiger partial charge in [-0.15, -0.1) is 11.3 Å². The van der Waals surface area contributed by atoms with Crippen LogP contribution in [0.4, 0.5) is 11.5 Å². The summed E-state index contributed by atoms with van der Waals surface area (Å²) in [5, 5.41) is 3.68. The highest BCUT2D eigenvalue weighted by Gasteiger charge is 2.24. The van der Waals surface area contributed by atoms with Crippen molar-refractivity contribution in [2.75, 3.05) is 37.5 Å². The fraction of sp³-hybridized carbons (Fsp3) is 0.455. The fourth-order valence-corrected chi connectivity index (χ4v) is 4.99. The highest BCUT2D eigenvalue weighted by atomic mass is 32.1. The number of nitrogens with zero attached hydrogens (tertiary/aromatic N) is 4. The minimum absolute atomic E-state index is 0.153. The topological polar surface area (TPSA) is 98.7 Å². The Labute approximate surface area is 190 Å². The number of carbonyl (C=O) groups excluding carboxylic acids is 1. The van der Waals surface area contributed by atoms with Crippen molar-refractivity contribution < 1.29 is 19.0 Å². The largest absolute Gasteiger partial charge is 0.480 e. The van der Waals surface area contributed by atoms with Gasteiger partial charge in [0.05, 0.1) is 41.5 Å². The van der Waals surface area contributed by atoms with Gasteiger partial charge in [-0.25, -0.2) is 9.97 Å². The molecule has 0 aliphatic carbocycles. The molecule has 4 heterocycles. The number of amides is 1. The van der Waals surface area contributed by atoms with Crippen LogP contribution in [0.1, 0.15) is 34.9 Å². The van der Waals surface area contributed by atoms with Gasteiger partial charge in [0, 0.05) is 20.2 Å². The van der Waals surface area contributed by atoms with E-state index >= 15 is 0 Å². The van der Waals surface area contributed by atoms with Gasteiger partial charge < -0.3 is 24.4 Å². The monoisotopic (exact) mass is 457 g/mol. The Hall–Kier alpha value is -2.82. The van der Waals surface area contributed by atoms with Crippen LogP contribution >= 0.6 is 11.3 Å². The summed E-state index contributed by atoms with van der Waals surface area (Å²) in [6.45, 7) is 7.83. The molecule has 4 rings (SSSR count). The molecule has 3 aromatic heterocycles. The number of fused-ring (bicyclic) bond motifs is 1. The number of aryl methyl sites for hydroxylation is 1. The number of thiophene rings is 1. The quantitative estimate of drug-likeness (QED) is 0.601. The third-order valence-corrected chi connectivity index (χ3v) is 6.41. The van der Waals surface area contributed by atoms with E-state index in [-0.39, 0.29) is 24.7 Å². The minimum Gasteiger partial charge on any atom is -0.480 e. The molecule has 0 bridgehead atoms. The molecule has 0 radical (unpaired) electrons. The summed E-state index contributed by atoms with van der Waals surface area (Å²) in [6, 6.07) is 3.79. The summed E-state index contributed by atoms with van der Waals surface area (Å²) in [4.78, 5) is 29.9. The average Bonchev–Trinajstić information content (AvgIpc) is 3.10. The van der Waals surface area contributed by atoms with Gasteiger partial charge in [0.2, 0.25) is 5.88 Å². The number of aromatic nitrogens is 3. The lowest BCUT2D eigenvalue weighted by Crippen LogP contribution is -2.45. The van der Waals surface area contributed by atoms with Crippen LogP contribution in [-0.2, 0) is 16.1 Å². The summed E-state index contributed by atoms with van der Waals surface area (Å²) in [5.41, 5.74) is 1.41. The summed E-state index contributed by atoms with van der Waals surface area (Å²) < 4.78 is 16.4. The normalized spacial score (nSPS) is 18.7. The number of methoxy groups -OCH3 is 2. The van der Waals surface area contributed by atoms with E-state index in [1.54, 1.807) is 20.4 Å². The van der Waals surface area contributed by atoms with Gasteiger partial charge in [-0.2, -0.15) is 4.98 Å². The molecular weight excluding hydrogens is 430 g/mol. The van der Waals surface area contributed by atoms with Crippen LogP contribution in [0.15, 0.2) is 18.3 Å². The van der Waals surface area contributed by atoms with Crippen LogP contribution in [0.5, 0.6) is 5.88 Å². The van der Waals surface area contributed by atoms with E-state index in [9.17, 15) is 4.79 Å². The van der Waals surface area contributed by atoms with Crippen LogP contribution in [0.2, 0.25) is 0 Å². The molecule has 9 nitrogen and oxygen atoms in total. The van der Waals surface area contributed by atoms with Crippen LogP contribution < -0.4 is 15.0 Å². The number of pyridine rings is 1. The Balaban J connectivity index is 1.54. The van der Waals surface area contributed by atoms with Gasteiger partial charge in [0.1, 0.15) is 17.3 Å². The molecule has 10 heteroatoms. The third kappa shape index (κ3) is 4.52. The van der Waals surface area contributed by atoms with Crippen molar-refractivity contribution in [3.05, 3.63) is 34.6 Å². The van der Waals surface area contributed by atoms with Crippen molar-refractivity contribution in [3.8, 4) is 5.88 Å². The molecule has 3 aromatic rings. The summed E-state index contributed by atoms with van der Waals surface area (Å²) >= 11 is 1.31. The highest BCUT2D eigenvalue weighted by molar-refractivity contribution is 7.20. The maximum Gasteiger partial charge on any atom is 0.266 e. The molecule has 1 fully saturated rings. The molecule has 170 valence electrons. The van der Waals surface area contributed by atoms with Crippen molar-refractivity contribution >= 4 is 39.0 Å². The van der Waals surface area contributed by atoms with Gasteiger partial charge in [-0.05, 0) is 38.5 Å². The van der Waals surface area contributed by atoms with Crippen LogP contribution in [0, 0.1) is 6.92 Å². The molecule has 0 saturated carbocycles. The molecule has 1 aliphatic rings. The maximum atomic E-state index is 13.0. The Kier molecular flexibility index (Phi) is 6.54. The predicted octanol–water partition coefficient (Wildman–Crippen LogP) is 3.42. The lowest BCUT2D eigenvalue weighted by Gasteiger charge is -2.36. The third-order valence-electron chi connectivity index (χ3n) is 5.23. The lowest BCUT2D eigenvalue weighted by atomic mass is 10.2. The highest BCUT2D eigenvalue weighted by Crippen LogP contribution is 2.35. The van der Waals surface area contributed by atoms with Crippen molar-refractivity contribution in [1.29, 1.82) is 0 Å². The minimum atomic E-state index is -0.219. The number of rotatable bonds is 6. The first-order valence-electron chi connectivity index (χ1n) is 10.4. The van der Waals surface area contributed by atoms with Gasteiger partial charge in [0.25, 0.3) is 5.91 Å². The van der Waals surface area contributed by atoms with E-state index in [1.807, 2.05) is 19.1 Å². The first-order chi connectivity index (χ1) is 15.4. The van der Waals surface area contributed by atoms with E-state index in [4.69, 9.17) is 14.2 Å². The van der Waals surface area contributed by atoms with Crippen molar-refractivity contribution in [1.82, 2.24) is 15.0 Å². The molecule has 2 unspecified atom stereocenters. The lowest BCUT2D eigenvalue weighted by molar-refractivity contribution is -0.00545. The van der Waals surface area contributed by atoms with E-state index in [0.29, 0.717) is 27.1 Å². The Morgan fingerprint density at radius 3 is 2.62 bits per heavy atom. The standard InChI is InChI=1S/C22H27N5O4S/c1-12-9-27(10-13(2)31-12)17-7-6-15(8-23-17)24-20(28)19-14(3)18-21(30-5)25-16(11-29-4)26-22(18)32-19/h6-8,12-13H,9-11H2,1-5H3,(H,24,28). The average molecular weight is 458 g/mol. The number of morpholine rings is 1. The molecule has 1 amide bonds. The van der Waals surface area contributed by atoms with Crippen LogP contribution in [0.3, 0.4) is 0 Å². The Morgan fingerprint density at radius 1 is 1.25 bits per heavy atom. The zero-order valence-corrected chi connectivity index (χ0v) is 19.7. The van der Waals surface area contributed by atoms with Gasteiger partial charge in [-0.1, -0.05) is 0 Å². The number of hydrogen-bond acceptors (Lipinski definition) is 9. The first kappa shape index (κ1) is 22.4. The number of ether oxygens (including phenoxy) is 3. The Morgan fingerprint density at radius 2 is 2.00 bits per heavy atom. The van der Waals surface area contributed by atoms with Crippen molar-refractivity contribution in [3.63, 3.8) is 0 Å². The molecule has 1 saturated heterocycles. The zero-order valence-electron chi connectivity index (χ0n) is 18.8. The van der Waals surface area contributed by atoms with Gasteiger partial charge in [-0.3, -0.25) is 4.79 Å². The van der Waals surface area contributed by atoms with Crippen LogP contribution in [0.25, 0.3) is 10.2 Å². The second-order valence-electron chi connectivity index (χ2n) is 7.84. The van der Waals surface area contributed by atoms with Crippen LogP contribution in [-0.4, -0.2) is 60.4 Å². The zero-order chi connectivity index (χ0) is 22.8. The van der Waals surface area contributed by atoms with Gasteiger partial charge in [0.15, 0.2) is 5.82 Å². The molecule has 0 aromatic carbocycles. The second kappa shape index (κ2) is 9.35. The smallest absolute Gasteiger partial charge is 0.266 e. The predicted molar refractivity (Wildman–Crippen MR) is 124 cm³/mol. The summed E-state index contributed by atoms with van der Waals surface area (Å²) in [6.07, 6.45) is 1.98. The number of hydrogen-bond donors (Lipinski definition) is 1. The molecule has 32 heavy (non-hydrogen) atoms. The van der Waals surface area contributed by atoms with E-state index in [2.05, 4.69) is 39.0 Å². The fourth-order valence-electron chi connectivity index (χ4n) is 3.90. The van der Waals surface area contributed by atoms with E-state index < -0.39 is 0 Å². The number of nitrogens with one attached hydrogen (secondary N) is 1. The Bertz CT molecular complexity index is 1110. The molecular formula is C22H27N5O4S.